The maximum absolute atomic E-state index is 12.6. The molecule has 1 aromatic rings. The minimum atomic E-state index is -4.44. The first kappa shape index (κ1) is 19.2. The molecular weight excluding hydrogens is 339 g/mol. The molecule has 0 aliphatic carbocycles. The summed E-state index contributed by atoms with van der Waals surface area (Å²) in [4.78, 5) is 28.9. The van der Waals surface area contributed by atoms with Gasteiger partial charge in [0.2, 0.25) is 5.91 Å². The molecule has 1 atom stereocenters. The lowest BCUT2D eigenvalue weighted by Gasteiger charge is -2.21. The Labute approximate surface area is 143 Å². The van der Waals surface area contributed by atoms with Crippen LogP contribution >= 0.6 is 0 Å². The Hall–Kier alpha value is -2.16. The van der Waals surface area contributed by atoms with E-state index in [1.165, 1.54) is 4.90 Å². The third-order valence-corrected chi connectivity index (χ3v) is 3.93. The minimum Gasteiger partial charge on any atom is -0.383 e. The monoisotopic (exact) mass is 359 g/mol. The van der Waals surface area contributed by atoms with E-state index < -0.39 is 29.7 Å². The van der Waals surface area contributed by atoms with Crippen LogP contribution in [0.4, 0.5) is 13.2 Å². The standard InChI is InChI=1S/C16H20F3N3O3/c17-16(18,19)11-4-6-20-12(9-11)5-7-21-14(24)10-22-8-2-1-3-13(23)15(22)25/h4,6,9,13,23H,1-3,5,7-8,10H2,(H,21,24). The Balaban J connectivity index is 1.81. The van der Waals surface area contributed by atoms with Crippen molar-refractivity contribution in [3.05, 3.63) is 29.6 Å². The summed E-state index contributed by atoms with van der Waals surface area (Å²) in [6.45, 7) is 0.335. The topological polar surface area (TPSA) is 82.5 Å². The maximum Gasteiger partial charge on any atom is 0.416 e. The van der Waals surface area contributed by atoms with Crippen molar-refractivity contribution in [2.45, 2.75) is 38.0 Å². The van der Waals surface area contributed by atoms with Crippen LogP contribution < -0.4 is 5.32 Å². The summed E-state index contributed by atoms with van der Waals surface area (Å²) < 4.78 is 37.9. The highest BCUT2D eigenvalue weighted by atomic mass is 19.4. The summed E-state index contributed by atoms with van der Waals surface area (Å²) in [5.74, 6) is -0.887. The molecule has 0 radical (unpaired) electrons. The number of alkyl halides is 3. The van der Waals surface area contributed by atoms with Crippen molar-refractivity contribution >= 4 is 11.8 Å². The van der Waals surface area contributed by atoms with Gasteiger partial charge in [-0.3, -0.25) is 14.6 Å². The number of rotatable bonds is 5. The fraction of sp³-hybridized carbons (Fsp3) is 0.562. The smallest absolute Gasteiger partial charge is 0.383 e. The molecule has 0 saturated carbocycles. The first-order valence-electron chi connectivity index (χ1n) is 8.03. The number of hydrogen-bond acceptors (Lipinski definition) is 4. The Morgan fingerprint density at radius 2 is 2.16 bits per heavy atom. The average Bonchev–Trinajstić information content (AvgIpc) is 2.70. The molecule has 25 heavy (non-hydrogen) atoms. The molecule has 1 fully saturated rings. The van der Waals surface area contributed by atoms with Crippen LogP contribution in [0.1, 0.15) is 30.5 Å². The Morgan fingerprint density at radius 1 is 1.40 bits per heavy atom. The number of pyridine rings is 1. The Bertz CT molecular complexity index is 622. The quantitative estimate of drug-likeness (QED) is 0.826. The van der Waals surface area contributed by atoms with Gasteiger partial charge in [-0.2, -0.15) is 13.2 Å². The second-order valence-electron chi connectivity index (χ2n) is 5.90. The normalized spacial score (nSPS) is 18.8. The number of halogens is 3. The van der Waals surface area contributed by atoms with Gasteiger partial charge in [-0.15, -0.1) is 0 Å². The van der Waals surface area contributed by atoms with Gasteiger partial charge < -0.3 is 15.3 Å². The fourth-order valence-corrected chi connectivity index (χ4v) is 2.59. The number of carbonyl (C=O) groups excluding carboxylic acids is 2. The number of carbonyl (C=O) groups is 2. The lowest BCUT2D eigenvalue weighted by molar-refractivity contribution is -0.142. The van der Waals surface area contributed by atoms with E-state index in [2.05, 4.69) is 10.3 Å². The van der Waals surface area contributed by atoms with Crippen LogP contribution in [0.15, 0.2) is 18.3 Å². The van der Waals surface area contributed by atoms with Gasteiger partial charge in [0.05, 0.1) is 12.1 Å². The van der Waals surface area contributed by atoms with Gasteiger partial charge >= 0.3 is 6.18 Å². The van der Waals surface area contributed by atoms with Crippen LogP contribution in [-0.4, -0.2) is 52.5 Å². The van der Waals surface area contributed by atoms with E-state index in [1.807, 2.05) is 0 Å². The molecule has 1 aliphatic rings. The molecule has 1 aliphatic heterocycles. The molecule has 2 N–H and O–H groups in total. The average molecular weight is 359 g/mol. The first-order chi connectivity index (χ1) is 11.8. The van der Waals surface area contributed by atoms with Crippen molar-refractivity contribution in [3.63, 3.8) is 0 Å². The first-order valence-corrected chi connectivity index (χ1v) is 8.03. The van der Waals surface area contributed by atoms with E-state index in [0.717, 1.165) is 18.3 Å². The van der Waals surface area contributed by atoms with Crippen LogP contribution in [0.2, 0.25) is 0 Å². The predicted molar refractivity (Wildman–Crippen MR) is 82.4 cm³/mol. The summed E-state index contributed by atoms with van der Waals surface area (Å²) in [6.07, 6.45) is -2.47. The molecule has 2 amide bonds. The number of nitrogens with one attached hydrogen (secondary N) is 1. The van der Waals surface area contributed by atoms with Gasteiger partial charge in [-0.1, -0.05) is 0 Å². The van der Waals surface area contributed by atoms with Crippen LogP contribution in [-0.2, 0) is 22.2 Å². The van der Waals surface area contributed by atoms with E-state index in [9.17, 15) is 27.9 Å². The third-order valence-electron chi connectivity index (χ3n) is 3.93. The zero-order valence-electron chi connectivity index (χ0n) is 13.6. The summed E-state index contributed by atoms with van der Waals surface area (Å²) >= 11 is 0. The predicted octanol–water partition coefficient (Wildman–Crippen LogP) is 1.13. The van der Waals surface area contributed by atoms with Crippen molar-refractivity contribution in [2.75, 3.05) is 19.6 Å². The van der Waals surface area contributed by atoms with E-state index in [-0.39, 0.29) is 25.2 Å². The molecule has 1 unspecified atom stereocenters. The lowest BCUT2D eigenvalue weighted by Crippen LogP contribution is -2.44. The lowest BCUT2D eigenvalue weighted by atomic mass is 10.2. The van der Waals surface area contributed by atoms with Crippen molar-refractivity contribution in [1.82, 2.24) is 15.2 Å². The van der Waals surface area contributed by atoms with Crippen LogP contribution in [0.5, 0.6) is 0 Å². The van der Waals surface area contributed by atoms with E-state index >= 15 is 0 Å². The van der Waals surface area contributed by atoms with Crippen LogP contribution in [0, 0.1) is 0 Å². The number of aliphatic hydroxyl groups is 1. The molecule has 6 nitrogen and oxygen atoms in total. The number of likely N-dealkylation sites (tertiary alicyclic amines) is 1. The minimum absolute atomic E-state index is 0.109. The second-order valence-corrected chi connectivity index (χ2v) is 5.90. The van der Waals surface area contributed by atoms with Crippen LogP contribution in [0.3, 0.4) is 0 Å². The zero-order valence-corrected chi connectivity index (χ0v) is 13.6. The molecule has 138 valence electrons. The summed E-state index contributed by atoms with van der Waals surface area (Å²) in [5, 5.41) is 12.2. The van der Waals surface area contributed by atoms with Crippen molar-refractivity contribution in [1.29, 1.82) is 0 Å². The molecule has 2 heterocycles. The van der Waals surface area contributed by atoms with E-state index in [4.69, 9.17) is 0 Å². The third kappa shape index (κ3) is 5.70. The highest BCUT2D eigenvalue weighted by Crippen LogP contribution is 2.28. The largest absolute Gasteiger partial charge is 0.416 e. The number of aromatic nitrogens is 1. The van der Waals surface area contributed by atoms with Crippen LogP contribution in [0.25, 0.3) is 0 Å². The molecule has 9 heteroatoms. The highest BCUT2D eigenvalue weighted by molar-refractivity contribution is 5.87. The van der Waals surface area contributed by atoms with Crippen molar-refractivity contribution < 1.29 is 27.9 Å². The molecule has 1 saturated heterocycles. The van der Waals surface area contributed by atoms with Gasteiger partial charge in [0.25, 0.3) is 5.91 Å². The zero-order chi connectivity index (χ0) is 18.4. The molecule has 0 bridgehead atoms. The number of amides is 2. The van der Waals surface area contributed by atoms with Crippen molar-refractivity contribution in [3.8, 4) is 0 Å². The van der Waals surface area contributed by atoms with Gasteiger partial charge in [0, 0.05) is 31.4 Å². The number of aliphatic hydroxyl groups excluding tert-OH is 1. The molecule has 2 rings (SSSR count). The van der Waals surface area contributed by atoms with Crippen molar-refractivity contribution in [2.24, 2.45) is 0 Å². The molecular formula is C16H20F3N3O3. The van der Waals surface area contributed by atoms with Gasteiger partial charge in [-0.05, 0) is 31.4 Å². The Kier molecular flexibility index (Phi) is 6.35. The summed E-state index contributed by atoms with van der Waals surface area (Å²) in [6, 6.07) is 1.83. The van der Waals surface area contributed by atoms with Gasteiger partial charge in [0.15, 0.2) is 0 Å². The van der Waals surface area contributed by atoms with E-state index in [1.54, 1.807) is 0 Å². The summed E-state index contributed by atoms with van der Waals surface area (Å²) in [5.41, 5.74) is -0.565. The molecule has 1 aromatic heterocycles. The van der Waals surface area contributed by atoms with E-state index in [0.29, 0.717) is 25.8 Å². The van der Waals surface area contributed by atoms with Gasteiger partial charge in [-0.25, -0.2) is 0 Å². The second kappa shape index (κ2) is 8.28. The Morgan fingerprint density at radius 3 is 2.88 bits per heavy atom. The SMILES string of the molecule is O=C(CN1CCCCC(O)C1=O)NCCc1cc(C(F)(F)F)ccn1. The maximum atomic E-state index is 12.6. The number of nitrogens with zero attached hydrogens (tertiary/aromatic N) is 2. The molecule has 0 aromatic carbocycles. The fourth-order valence-electron chi connectivity index (χ4n) is 2.59. The number of hydrogen-bond donors (Lipinski definition) is 2. The molecule has 0 spiro atoms. The highest BCUT2D eigenvalue weighted by Gasteiger charge is 2.30. The summed E-state index contributed by atoms with van der Waals surface area (Å²) in [7, 11) is 0. The van der Waals surface area contributed by atoms with Gasteiger partial charge in [0.1, 0.15) is 6.10 Å².